The van der Waals surface area contributed by atoms with Crippen LogP contribution in [0.1, 0.15) is 35.6 Å². The van der Waals surface area contributed by atoms with Gasteiger partial charge in [0.2, 0.25) is 0 Å². The van der Waals surface area contributed by atoms with Crippen molar-refractivity contribution in [3.63, 3.8) is 0 Å². The van der Waals surface area contributed by atoms with E-state index in [-0.39, 0.29) is 5.75 Å². The summed E-state index contributed by atoms with van der Waals surface area (Å²) >= 11 is 11.9. The highest BCUT2D eigenvalue weighted by Crippen LogP contribution is 2.26. The summed E-state index contributed by atoms with van der Waals surface area (Å²) in [5, 5.41) is 4.99. The predicted octanol–water partition coefficient (Wildman–Crippen LogP) is 3.70. The largest absolute Gasteiger partial charge is 0.361 e. The molecule has 4 nitrogen and oxygen atoms in total. The Bertz CT molecular complexity index is 688. The minimum Gasteiger partial charge on any atom is -0.361 e. The number of aryl methyl sites for hydroxylation is 1. The zero-order valence-electron chi connectivity index (χ0n) is 11.3. The zero-order valence-corrected chi connectivity index (χ0v) is 13.6. The van der Waals surface area contributed by atoms with E-state index in [1.807, 2.05) is 0 Å². The number of hydrogen-bond acceptors (Lipinski definition) is 4. The number of fused-ring (bicyclic) bond motifs is 1. The van der Waals surface area contributed by atoms with Gasteiger partial charge in [0.25, 0.3) is 0 Å². The van der Waals surface area contributed by atoms with Crippen LogP contribution in [-0.2, 0) is 35.1 Å². The molecule has 0 unspecified atom stereocenters. The van der Waals surface area contributed by atoms with Gasteiger partial charge >= 0.3 is 0 Å². The minimum absolute atomic E-state index is 0.289. The van der Waals surface area contributed by atoms with Crippen LogP contribution in [-0.4, -0.2) is 14.3 Å². The molecule has 112 valence electrons. The fourth-order valence-electron chi connectivity index (χ4n) is 2.47. The summed E-state index contributed by atoms with van der Waals surface area (Å²) in [6.07, 6.45) is 5.68. The second-order valence-corrected chi connectivity index (χ2v) is 7.35. The second kappa shape index (κ2) is 6.46. The summed E-state index contributed by atoms with van der Waals surface area (Å²) in [4.78, 5) is 4.13. The molecule has 0 aliphatic heterocycles. The number of nitrogens with zero attached hydrogens (tertiary/aromatic N) is 2. The molecule has 21 heavy (non-hydrogen) atoms. The van der Waals surface area contributed by atoms with E-state index in [1.165, 1.54) is 6.20 Å². The maximum Gasteiger partial charge on any atom is 0.140 e. The lowest BCUT2D eigenvalue weighted by atomic mass is 9.97. The van der Waals surface area contributed by atoms with E-state index in [0.29, 0.717) is 21.5 Å². The second-order valence-electron chi connectivity index (χ2n) is 5.05. The number of hydrogen-bond donors (Lipinski definition) is 0. The van der Waals surface area contributed by atoms with Gasteiger partial charge in [-0.15, -0.1) is 0 Å². The van der Waals surface area contributed by atoms with Crippen LogP contribution in [0.4, 0.5) is 0 Å². The third-order valence-corrected chi connectivity index (χ3v) is 5.24. The van der Waals surface area contributed by atoms with Gasteiger partial charge in [-0.1, -0.05) is 28.4 Å². The molecule has 0 spiro atoms. The molecule has 0 saturated carbocycles. The van der Waals surface area contributed by atoms with Gasteiger partial charge in [-0.3, -0.25) is 9.19 Å². The maximum absolute atomic E-state index is 12.3. The summed E-state index contributed by atoms with van der Waals surface area (Å²) in [7, 11) is -1.13. The number of aromatic nitrogens is 2. The highest BCUT2D eigenvalue weighted by molar-refractivity contribution is 7.83. The molecule has 2 heterocycles. The highest BCUT2D eigenvalue weighted by atomic mass is 35.5. The third-order valence-electron chi connectivity index (χ3n) is 3.51. The van der Waals surface area contributed by atoms with Crippen LogP contribution in [0.25, 0.3) is 0 Å². The standard InChI is InChI=1S/C14H14Cl2N2O2S/c15-9-5-11(16)13(17-6-9)8-21(19)7-12-10-3-1-2-4-14(10)20-18-12/h5-6H,1-4,7-8H2/t21-/m1/s1. The Kier molecular flexibility index (Phi) is 4.62. The van der Waals surface area contributed by atoms with Crippen molar-refractivity contribution in [3.05, 3.63) is 45.0 Å². The van der Waals surface area contributed by atoms with Crippen LogP contribution >= 0.6 is 23.2 Å². The van der Waals surface area contributed by atoms with Crippen LogP contribution in [0.5, 0.6) is 0 Å². The molecule has 0 saturated heterocycles. The van der Waals surface area contributed by atoms with Crippen LogP contribution in [0.3, 0.4) is 0 Å². The Morgan fingerprint density at radius 2 is 1.95 bits per heavy atom. The molecule has 3 rings (SSSR count). The predicted molar refractivity (Wildman–Crippen MR) is 83.0 cm³/mol. The van der Waals surface area contributed by atoms with E-state index in [2.05, 4.69) is 10.1 Å². The van der Waals surface area contributed by atoms with Crippen LogP contribution < -0.4 is 0 Å². The quantitative estimate of drug-likeness (QED) is 0.848. The molecule has 0 radical (unpaired) electrons. The number of pyridine rings is 1. The summed E-state index contributed by atoms with van der Waals surface area (Å²) in [5.74, 6) is 1.62. The van der Waals surface area contributed by atoms with E-state index >= 15 is 0 Å². The summed E-state index contributed by atoms with van der Waals surface area (Å²) in [6, 6.07) is 1.61. The first-order valence-corrected chi connectivity index (χ1v) is 8.99. The van der Waals surface area contributed by atoms with Gasteiger partial charge in [0.05, 0.1) is 32.9 Å². The van der Waals surface area contributed by atoms with Gasteiger partial charge in [0.1, 0.15) is 5.76 Å². The zero-order chi connectivity index (χ0) is 14.8. The Morgan fingerprint density at radius 1 is 1.19 bits per heavy atom. The average Bonchev–Trinajstić information content (AvgIpc) is 2.85. The molecule has 1 aliphatic rings. The number of rotatable bonds is 4. The molecule has 2 aromatic rings. The van der Waals surface area contributed by atoms with Crippen molar-refractivity contribution in [1.82, 2.24) is 10.1 Å². The van der Waals surface area contributed by atoms with Gasteiger partial charge in [0.15, 0.2) is 0 Å². The molecule has 0 fully saturated rings. The van der Waals surface area contributed by atoms with Crippen molar-refractivity contribution in [3.8, 4) is 0 Å². The third kappa shape index (κ3) is 3.47. The smallest absolute Gasteiger partial charge is 0.140 e. The van der Waals surface area contributed by atoms with Crippen LogP contribution in [0.2, 0.25) is 10.0 Å². The molecular weight excluding hydrogens is 331 g/mol. The van der Waals surface area contributed by atoms with E-state index in [4.69, 9.17) is 27.7 Å². The molecule has 2 aromatic heterocycles. The first kappa shape index (κ1) is 15.0. The fraction of sp³-hybridized carbons (Fsp3) is 0.429. The molecule has 1 atom stereocenters. The molecule has 1 aliphatic carbocycles. The van der Waals surface area contributed by atoms with Crippen molar-refractivity contribution in [2.45, 2.75) is 37.2 Å². The Hall–Kier alpha value is -0.910. The first-order chi connectivity index (χ1) is 10.1. The van der Waals surface area contributed by atoms with Crippen molar-refractivity contribution in [2.24, 2.45) is 0 Å². The van der Waals surface area contributed by atoms with Gasteiger partial charge in [-0.2, -0.15) is 0 Å². The molecule has 0 bridgehead atoms. The average molecular weight is 345 g/mol. The SMILES string of the molecule is O=[S@@](Cc1ncc(Cl)cc1Cl)Cc1noc2c1CCCC2. The first-order valence-electron chi connectivity index (χ1n) is 6.74. The van der Waals surface area contributed by atoms with Crippen LogP contribution in [0, 0.1) is 0 Å². The van der Waals surface area contributed by atoms with E-state index in [9.17, 15) is 4.21 Å². The van der Waals surface area contributed by atoms with Gasteiger partial charge in [-0.05, 0) is 25.3 Å². The lowest BCUT2D eigenvalue weighted by Crippen LogP contribution is -2.06. The van der Waals surface area contributed by atoms with E-state index < -0.39 is 10.8 Å². The minimum atomic E-state index is -1.13. The topological polar surface area (TPSA) is 56.0 Å². The van der Waals surface area contributed by atoms with E-state index in [1.54, 1.807) is 6.07 Å². The maximum atomic E-state index is 12.3. The Balaban J connectivity index is 1.70. The van der Waals surface area contributed by atoms with Gasteiger partial charge < -0.3 is 4.52 Å². The summed E-state index contributed by atoms with van der Waals surface area (Å²) in [5.41, 5.74) is 2.55. The summed E-state index contributed by atoms with van der Waals surface area (Å²) in [6.45, 7) is 0. The van der Waals surface area contributed by atoms with Gasteiger partial charge in [-0.25, -0.2) is 0 Å². The molecule has 0 aromatic carbocycles. The molecule has 0 amide bonds. The highest BCUT2D eigenvalue weighted by Gasteiger charge is 2.21. The fourth-order valence-corrected chi connectivity index (χ4v) is 4.16. The lowest BCUT2D eigenvalue weighted by molar-refractivity contribution is 0.369. The monoisotopic (exact) mass is 344 g/mol. The van der Waals surface area contributed by atoms with E-state index in [0.717, 1.165) is 42.7 Å². The normalized spacial score (nSPS) is 15.7. The van der Waals surface area contributed by atoms with Crippen molar-refractivity contribution in [1.29, 1.82) is 0 Å². The molecule has 7 heteroatoms. The van der Waals surface area contributed by atoms with Crippen molar-refractivity contribution >= 4 is 34.0 Å². The van der Waals surface area contributed by atoms with Crippen molar-refractivity contribution < 1.29 is 8.73 Å². The van der Waals surface area contributed by atoms with Gasteiger partial charge in [0, 0.05) is 29.0 Å². The molecule has 0 N–H and O–H groups in total. The Labute approximate surface area is 135 Å². The summed E-state index contributed by atoms with van der Waals surface area (Å²) < 4.78 is 17.6. The van der Waals surface area contributed by atoms with Crippen LogP contribution in [0.15, 0.2) is 16.8 Å². The number of halogens is 2. The van der Waals surface area contributed by atoms with Crippen molar-refractivity contribution in [2.75, 3.05) is 0 Å². The molecular formula is C14H14Cl2N2O2S. The lowest BCUT2D eigenvalue weighted by Gasteiger charge is -2.09. The Morgan fingerprint density at radius 3 is 2.76 bits per heavy atom.